The van der Waals surface area contributed by atoms with Crippen molar-refractivity contribution in [3.63, 3.8) is 0 Å². The second kappa shape index (κ2) is 5.16. The molecule has 13 heavy (non-hydrogen) atoms. The molecular weight excluding hydrogens is 244 g/mol. The van der Waals surface area contributed by atoms with Gasteiger partial charge in [0.25, 0.3) is 0 Å². The summed E-state index contributed by atoms with van der Waals surface area (Å²) < 4.78 is 0. The first-order valence-electron chi connectivity index (χ1n) is 4.91. The number of halogens is 1. The maximum Gasteiger partial charge on any atom is 0.0514 e. The fourth-order valence-corrected chi connectivity index (χ4v) is 3.09. The molecule has 0 amide bonds. The Hall–Kier alpha value is 0.180. The molecule has 1 aromatic rings. The van der Waals surface area contributed by atoms with Gasteiger partial charge >= 0.3 is 0 Å². The molecule has 0 nitrogen and oxygen atoms in total. The van der Waals surface area contributed by atoms with Crippen LogP contribution in [0.5, 0.6) is 0 Å². The number of rotatable bonds is 4. The van der Waals surface area contributed by atoms with Gasteiger partial charge in [-0.15, -0.1) is 11.3 Å². The van der Waals surface area contributed by atoms with Gasteiger partial charge < -0.3 is 0 Å². The van der Waals surface area contributed by atoms with E-state index in [4.69, 9.17) is 0 Å². The Labute approximate surface area is 93.5 Å². The molecule has 0 aromatic carbocycles. The third kappa shape index (κ3) is 2.81. The summed E-state index contributed by atoms with van der Waals surface area (Å²) in [5.41, 5.74) is 0. The highest BCUT2D eigenvalue weighted by atomic mass is 79.9. The minimum atomic E-state index is 0.544. The summed E-state index contributed by atoms with van der Waals surface area (Å²) in [6.07, 6.45) is 2.39. The second-order valence-electron chi connectivity index (χ2n) is 3.44. The van der Waals surface area contributed by atoms with Crippen LogP contribution in [0.1, 0.15) is 41.8 Å². The summed E-state index contributed by atoms with van der Waals surface area (Å²) in [7, 11) is 0. The van der Waals surface area contributed by atoms with Crippen LogP contribution >= 0.6 is 27.3 Å². The summed E-state index contributed by atoms with van der Waals surface area (Å²) in [6.45, 7) is 6.75. The molecule has 2 unspecified atom stereocenters. The van der Waals surface area contributed by atoms with Gasteiger partial charge in [0.05, 0.1) is 4.83 Å². The molecule has 0 fully saturated rings. The lowest BCUT2D eigenvalue weighted by atomic mass is 10.0. The van der Waals surface area contributed by atoms with E-state index in [1.165, 1.54) is 16.2 Å². The lowest BCUT2D eigenvalue weighted by molar-refractivity contribution is 0.560. The first-order chi connectivity index (χ1) is 6.19. The third-order valence-corrected chi connectivity index (χ3v) is 5.46. The fraction of sp³-hybridized carbons (Fsp3) is 0.636. The van der Waals surface area contributed by atoms with Crippen molar-refractivity contribution in [3.05, 3.63) is 21.9 Å². The van der Waals surface area contributed by atoms with Gasteiger partial charge in [0.2, 0.25) is 0 Å². The number of alkyl halides is 1. The standard InChI is InChI=1S/C11H17BrS/c1-4-8(3)11(12)10-7-6-9(5-2)13-10/h6-8,11H,4-5H2,1-3H3. The van der Waals surface area contributed by atoms with Gasteiger partial charge in [-0.25, -0.2) is 0 Å². The van der Waals surface area contributed by atoms with Crippen molar-refractivity contribution >= 4 is 27.3 Å². The second-order valence-corrected chi connectivity index (χ2v) is 5.63. The molecule has 0 saturated carbocycles. The molecule has 0 aliphatic carbocycles. The fourth-order valence-electron chi connectivity index (χ4n) is 1.22. The molecule has 1 aromatic heterocycles. The van der Waals surface area contributed by atoms with Gasteiger partial charge in [0.15, 0.2) is 0 Å². The topological polar surface area (TPSA) is 0 Å². The van der Waals surface area contributed by atoms with Crippen molar-refractivity contribution in [2.75, 3.05) is 0 Å². The van der Waals surface area contributed by atoms with E-state index in [1.807, 2.05) is 11.3 Å². The van der Waals surface area contributed by atoms with Gasteiger partial charge in [0, 0.05) is 9.75 Å². The monoisotopic (exact) mass is 260 g/mol. The molecular formula is C11H17BrS. The molecule has 74 valence electrons. The number of hydrogen-bond donors (Lipinski definition) is 0. The van der Waals surface area contributed by atoms with Gasteiger partial charge in [-0.1, -0.05) is 43.1 Å². The number of thiophene rings is 1. The Morgan fingerprint density at radius 1 is 1.38 bits per heavy atom. The molecule has 0 saturated heterocycles. The van der Waals surface area contributed by atoms with E-state index in [9.17, 15) is 0 Å². The van der Waals surface area contributed by atoms with Crippen molar-refractivity contribution in [2.24, 2.45) is 5.92 Å². The Balaban J connectivity index is 2.70. The maximum absolute atomic E-state index is 3.76. The minimum absolute atomic E-state index is 0.544. The average Bonchev–Trinajstić information content (AvgIpc) is 2.63. The highest BCUT2D eigenvalue weighted by Crippen LogP contribution is 2.36. The Morgan fingerprint density at radius 2 is 2.08 bits per heavy atom. The van der Waals surface area contributed by atoms with Gasteiger partial charge in [-0.3, -0.25) is 0 Å². The van der Waals surface area contributed by atoms with E-state index in [-0.39, 0.29) is 0 Å². The zero-order valence-electron chi connectivity index (χ0n) is 8.51. The minimum Gasteiger partial charge on any atom is -0.144 e. The molecule has 0 radical (unpaired) electrons. The third-order valence-electron chi connectivity index (χ3n) is 2.45. The highest BCUT2D eigenvalue weighted by molar-refractivity contribution is 9.09. The van der Waals surface area contributed by atoms with Crippen molar-refractivity contribution in [2.45, 2.75) is 38.4 Å². The predicted octanol–water partition coefficient (Wildman–Crippen LogP) is 4.79. The van der Waals surface area contributed by atoms with Crippen LogP contribution in [0, 0.1) is 5.92 Å². The van der Waals surface area contributed by atoms with E-state index in [0.717, 1.165) is 12.3 Å². The molecule has 1 heterocycles. The molecule has 0 spiro atoms. The Morgan fingerprint density at radius 3 is 2.54 bits per heavy atom. The van der Waals surface area contributed by atoms with Crippen LogP contribution in [-0.2, 0) is 6.42 Å². The van der Waals surface area contributed by atoms with Crippen LogP contribution in [0.3, 0.4) is 0 Å². The summed E-state index contributed by atoms with van der Waals surface area (Å²) in [5.74, 6) is 0.725. The van der Waals surface area contributed by atoms with Crippen LogP contribution in [0.15, 0.2) is 12.1 Å². The van der Waals surface area contributed by atoms with E-state index in [0.29, 0.717) is 4.83 Å². The predicted molar refractivity (Wildman–Crippen MR) is 64.8 cm³/mol. The van der Waals surface area contributed by atoms with E-state index >= 15 is 0 Å². The van der Waals surface area contributed by atoms with E-state index < -0.39 is 0 Å². The van der Waals surface area contributed by atoms with Crippen molar-refractivity contribution < 1.29 is 0 Å². The number of aryl methyl sites for hydroxylation is 1. The highest BCUT2D eigenvalue weighted by Gasteiger charge is 2.15. The Bertz CT molecular complexity index is 254. The van der Waals surface area contributed by atoms with Crippen molar-refractivity contribution in [1.82, 2.24) is 0 Å². The quantitative estimate of drug-likeness (QED) is 0.683. The van der Waals surface area contributed by atoms with Gasteiger partial charge in [-0.2, -0.15) is 0 Å². The lowest BCUT2D eigenvalue weighted by Crippen LogP contribution is -1.99. The molecule has 0 aliphatic rings. The molecule has 1 rings (SSSR count). The summed E-state index contributed by atoms with van der Waals surface area (Å²) in [6, 6.07) is 4.51. The van der Waals surface area contributed by atoms with Crippen LogP contribution in [0.4, 0.5) is 0 Å². The zero-order valence-corrected chi connectivity index (χ0v) is 10.9. The zero-order chi connectivity index (χ0) is 9.84. The smallest absolute Gasteiger partial charge is 0.0514 e. The molecule has 2 heteroatoms. The van der Waals surface area contributed by atoms with Crippen LogP contribution in [0.2, 0.25) is 0 Å². The first kappa shape index (κ1) is 11.3. The summed E-state index contributed by atoms with van der Waals surface area (Å²) in [4.78, 5) is 3.51. The average molecular weight is 261 g/mol. The first-order valence-corrected chi connectivity index (χ1v) is 6.64. The van der Waals surface area contributed by atoms with Crippen molar-refractivity contribution in [3.8, 4) is 0 Å². The van der Waals surface area contributed by atoms with Crippen LogP contribution < -0.4 is 0 Å². The molecule has 0 N–H and O–H groups in total. The largest absolute Gasteiger partial charge is 0.144 e. The Kier molecular flexibility index (Phi) is 4.47. The van der Waals surface area contributed by atoms with E-state index in [2.05, 4.69) is 48.8 Å². The van der Waals surface area contributed by atoms with Crippen LogP contribution in [-0.4, -0.2) is 0 Å². The van der Waals surface area contributed by atoms with Crippen molar-refractivity contribution in [1.29, 1.82) is 0 Å². The van der Waals surface area contributed by atoms with Crippen LogP contribution in [0.25, 0.3) is 0 Å². The SMILES string of the molecule is CCc1ccc(C(Br)C(C)CC)s1. The lowest BCUT2D eigenvalue weighted by Gasteiger charge is -2.14. The van der Waals surface area contributed by atoms with Gasteiger partial charge in [-0.05, 0) is 24.5 Å². The molecule has 2 atom stereocenters. The summed E-state index contributed by atoms with van der Waals surface area (Å²) >= 11 is 5.70. The molecule has 0 aliphatic heterocycles. The number of hydrogen-bond acceptors (Lipinski definition) is 1. The van der Waals surface area contributed by atoms with Gasteiger partial charge in [0.1, 0.15) is 0 Å². The summed E-state index contributed by atoms with van der Waals surface area (Å²) in [5, 5.41) is 0. The normalized spacial score (nSPS) is 15.7. The molecule has 0 bridgehead atoms. The van der Waals surface area contributed by atoms with E-state index in [1.54, 1.807) is 0 Å². The maximum atomic E-state index is 3.76.